The van der Waals surface area contributed by atoms with E-state index >= 15 is 0 Å². The van der Waals surface area contributed by atoms with Gasteiger partial charge in [-0.05, 0) is 33.6 Å². The van der Waals surface area contributed by atoms with Crippen LogP contribution in [-0.4, -0.2) is 34.9 Å². The second-order valence-corrected chi connectivity index (χ2v) is 6.22. The molecule has 0 spiro atoms. The fourth-order valence-electron chi connectivity index (χ4n) is 1.73. The first-order valence-corrected chi connectivity index (χ1v) is 6.24. The van der Waals surface area contributed by atoms with Crippen molar-refractivity contribution in [1.82, 2.24) is 4.90 Å². The van der Waals surface area contributed by atoms with Crippen LogP contribution < -0.4 is 0 Å². The Balaban J connectivity index is 2.53. The number of piperidine rings is 1. The van der Waals surface area contributed by atoms with Gasteiger partial charge in [-0.2, -0.15) is 0 Å². The molecule has 0 saturated carbocycles. The van der Waals surface area contributed by atoms with E-state index in [-0.39, 0.29) is 16.7 Å². The number of ether oxygens (including phenoxy) is 1. The summed E-state index contributed by atoms with van der Waals surface area (Å²) in [6.07, 6.45) is 1.16. The molecule has 1 N–H and O–H groups in total. The van der Waals surface area contributed by atoms with Crippen LogP contribution in [0.3, 0.4) is 0 Å². The van der Waals surface area contributed by atoms with Crippen LogP contribution in [0, 0.1) is 10.8 Å². The molecule has 17 heavy (non-hydrogen) atoms. The van der Waals surface area contributed by atoms with E-state index in [1.165, 1.54) is 0 Å². The number of nitrogens with one attached hydrogen (secondary N) is 1. The molecular weight excluding hydrogens is 240 g/mol. The molecule has 1 rings (SSSR count). The minimum absolute atomic E-state index is 0.182. The van der Waals surface area contributed by atoms with Crippen molar-refractivity contribution in [1.29, 1.82) is 5.41 Å². The average Bonchev–Trinajstić information content (AvgIpc) is 2.15. The monoisotopic (exact) mass is 260 g/mol. The minimum Gasteiger partial charge on any atom is -0.444 e. The lowest BCUT2D eigenvalue weighted by Gasteiger charge is -2.38. The van der Waals surface area contributed by atoms with Crippen LogP contribution in [0.25, 0.3) is 0 Å². The van der Waals surface area contributed by atoms with Crippen molar-refractivity contribution in [3.63, 3.8) is 0 Å². The first-order valence-electron chi connectivity index (χ1n) is 5.86. The van der Waals surface area contributed by atoms with Gasteiger partial charge < -0.3 is 9.64 Å². The molecule has 1 saturated heterocycles. The van der Waals surface area contributed by atoms with E-state index in [0.29, 0.717) is 25.9 Å². The van der Waals surface area contributed by atoms with Crippen molar-refractivity contribution in [2.45, 2.75) is 46.1 Å². The highest BCUT2D eigenvalue weighted by Gasteiger charge is 2.36. The maximum absolute atomic E-state index is 11.8. The molecule has 1 aliphatic rings. The Morgan fingerprint density at radius 3 is 2.18 bits per heavy atom. The molecule has 0 aromatic rings. The molecule has 1 amide bonds. The van der Waals surface area contributed by atoms with E-state index in [0.717, 1.165) is 0 Å². The number of rotatable bonds is 1. The van der Waals surface area contributed by atoms with E-state index in [9.17, 15) is 4.79 Å². The summed E-state index contributed by atoms with van der Waals surface area (Å²) in [5.74, 6) is 0. The molecular formula is C12H21ClN2O2. The zero-order valence-corrected chi connectivity index (χ0v) is 11.7. The molecule has 5 heteroatoms. The molecule has 0 unspecified atom stereocenters. The van der Waals surface area contributed by atoms with Gasteiger partial charge in [0.15, 0.2) is 0 Å². The molecule has 0 aromatic heterocycles. The zero-order chi connectivity index (χ0) is 13.3. The van der Waals surface area contributed by atoms with Gasteiger partial charge >= 0.3 is 6.09 Å². The summed E-state index contributed by atoms with van der Waals surface area (Å²) in [5.41, 5.74) is -0.739. The SMILES string of the molecule is CC(C)(C)OC(=O)N1CCC(C)(C(=N)Cl)CC1. The van der Waals surface area contributed by atoms with Crippen molar-refractivity contribution >= 4 is 22.9 Å². The second-order valence-electron chi connectivity index (χ2n) is 5.84. The van der Waals surface area contributed by atoms with Crippen LogP contribution in [-0.2, 0) is 4.74 Å². The van der Waals surface area contributed by atoms with Crippen molar-refractivity contribution in [2.24, 2.45) is 5.41 Å². The quantitative estimate of drug-likeness (QED) is 0.736. The smallest absolute Gasteiger partial charge is 0.410 e. The lowest BCUT2D eigenvalue weighted by Crippen LogP contribution is -2.45. The molecule has 0 atom stereocenters. The number of carbonyl (C=O) groups excluding carboxylic acids is 1. The van der Waals surface area contributed by atoms with Gasteiger partial charge in [-0.1, -0.05) is 18.5 Å². The highest BCUT2D eigenvalue weighted by molar-refractivity contribution is 6.65. The molecule has 4 nitrogen and oxygen atoms in total. The molecule has 1 aliphatic heterocycles. The average molecular weight is 261 g/mol. The summed E-state index contributed by atoms with van der Waals surface area (Å²) in [6.45, 7) is 8.73. The van der Waals surface area contributed by atoms with Gasteiger partial charge in [0.2, 0.25) is 0 Å². The number of amides is 1. The predicted octanol–water partition coefficient (Wildman–Crippen LogP) is 3.24. The first-order chi connectivity index (χ1) is 7.64. The maximum atomic E-state index is 11.8. The van der Waals surface area contributed by atoms with Crippen LogP contribution in [0.4, 0.5) is 4.79 Å². The Hall–Kier alpha value is -0.770. The number of carbonyl (C=O) groups is 1. The van der Waals surface area contributed by atoms with E-state index in [1.807, 2.05) is 27.7 Å². The lowest BCUT2D eigenvalue weighted by atomic mass is 9.81. The second kappa shape index (κ2) is 4.84. The van der Waals surface area contributed by atoms with Crippen molar-refractivity contribution in [2.75, 3.05) is 13.1 Å². The molecule has 0 radical (unpaired) electrons. The van der Waals surface area contributed by atoms with Crippen LogP contribution in [0.5, 0.6) is 0 Å². The fraction of sp³-hybridized carbons (Fsp3) is 0.833. The molecule has 0 aromatic carbocycles. The van der Waals surface area contributed by atoms with Crippen molar-refractivity contribution < 1.29 is 9.53 Å². The maximum Gasteiger partial charge on any atom is 0.410 e. The van der Waals surface area contributed by atoms with Crippen LogP contribution in [0.2, 0.25) is 0 Å². The lowest BCUT2D eigenvalue weighted by molar-refractivity contribution is 0.0167. The number of nitrogens with zero attached hydrogens (tertiary/aromatic N) is 1. The summed E-state index contributed by atoms with van der Waals surface area (Å²) >= 11 is 5.78. The largest absolute Gasteiger partial charge is 0.444 e. The van der Waals surface area contributed by atoms with E-state index in [1.54, 1.807) is 4.90 Å². The fourth-order valence-corrected chi connectivity index (χ4v) is 1.92. The summed E-state index contributed by atoms with van der Waals surface area (Å²) in [5, 5.41) is 7.72. The summed E-state index contributed by atoms with van der Waals surface area (Å²) < 4.78 is 5.31. The zero-order valence-electron chi connectivity index (χ0n) is 11.0. The van der Waals surface area contributed by atoms with E-state index in [4.69, 9.17) is 21.7 Å². The third-order valence-corrected chi connectivity index (χ3v) is 3.50. The Morgan fingerprint density at radius 1 is 1.35 bits per heavy atom. The van der Waals surface area contributed by atoms with E-state index in [2.05, 4.69) is 0 Å². The molecule has 0 bridgehead atoms. The van der Waals surface area contributed by atoms with Gasteiger partial charge in [0.05, 0.1) is 0 Å². The van der Waals surface area contributed by atoms with Crippen LogP contribution in [0.15, 0.2) is 0 Å². The standard InChI is InChI=1S/C12H21ClN2O2/c1-11(2,3)17-10(16)15-7-5-12(4,6-8-15)9(13)14/h14H,5-8H2,1-4H3. The topological polar surface area (TPSA) is 53.4 Å². The number of likely N-dealkylation sites (tertiary alicyclic amines) is 1. The molecule has 0 aliphatic carbocycles. The normalized spacial score (nSPS) is 19.9. The Kier molecular flexibility index (Phi) is 4.07. The highest BCUT2D eigenvalue weighted by Crippen LogP contribution is 2.33. The van der Waals surface area contributed by atoms with Gasteiger partial charge in [0.1, 0.15) is 10.8 Å². The highest BCUT2D eigenvalue weighted by atomic mass is 35.5. The number of hydrogen-bond acceptors (Lipinski definition) is 3. The first kappa shape index (κ1) is 14.3. The summed E-state index contributed by atoms with van der Waals surface area (Å²) in [6, 6.07) is 0. The third-order valence-electron chi connectivity index (χ3n) is 3.05. The predicted molar refractivity (Wildman–Crippen MR) is 68.7 cm³/mol. The Labute approximate surface area is 108 Å². The molecule has 1 fully saturated rings. The van der Waals surface area contributed by atoms with Gasteiger partial charge in [-0.25, -0.2) is 4.79 Å². The van der Waals surface area contributed by atoms with E-state index < -0.39 is 5.60 Å². The third kappa shape index (κ3) is 3.87. The van der Waals surface area contributed by atoms with Crippen LogP contribution in [0.1, 0.15) is 40.5 Å². The van der Waals surface area contributed by atoms with Crippen molar-refractivity contribution in [3.8, 4) is 0 Å². The van der Waals surface area contributed by atoms with Gasteiger partial charge in [0.25, 0.3) is 0 Å². The number of halogens is 1. The van der Waals surface area contributed by atoms with Gasteiger partial charge in [-0.3, -0.25) is 5.41 Å². The Bertz CT molecular complexity index is 315. The van der Waals surface area contributed by atoms with Gasteiger partial charge in [0, 0.05) is 18.5 Å². The molecule has 98 valence electrons. The van der Waals surface area contributed by atoms with Crippen LogP contribution >= 0.6 is 11.6 Å². The Morgan fingerprint density at radius 2 is 1.82 bits per heavy atom. The molecule has 1 heterocycles. The summed E-state index contributed by atoms with van der Waals surface area (Å²) in [7, 11) is 0. The minimum atomic E-state index is -0.461. The van der Waals surface area contributed by atoms with Gasteiger partial charge in [-0.15, -0.1) is 0 Å². The number of hydrogen-bond donors (Lipinski definition) is 1. The summed E-state index contributed by atoms with van der Waals surface area (Å²) in [4.78, 5) is 13.5. The van der Waals surface area contributed by atoms with Crippen molar-refractivity contribution in [3.05, 3.63) is 0 Å².